The normalized spacial score (nSPS) is 17.9. The molecule has 252 valence electrons. The van der Waals surface area contributed by atoms with Crippen molar-refractivity contribution in [2.24, 2.45) is 11.0 Å². The van der Waals surface area contributed by atoms with Crippen molar-refractivity contribution < 1.29 is 36.0 Å². The van der Waals surface area contributed by atoms with Crippen molar-refractivity contribution in [2.75, 3.05) is 46.1 Å². The van der Waals surface area contributed by atoms with E-state index in [0.29, 0.717) is 31.3 Å². The SMILES string of the molecule is COC(=O)NC=NN1CCC[C@@H](CNC(=O)C[C@H](NS(=O)(=O)c2ccc3ccccc3c2)C(=O)N(CCNS(C)(=O)=O)C2CC2)C1. The zero-order valence-corrected chi connectivity index (χ0v) is 27.5. The molecule has 2 atom stereocenters. The van der Waals surface area contributed by atoms with Gasteiger partial charge in [0, 0.05) is 38.8 Å². The lowest BCUT2D eigenvalue weighted by Gasteiger charge is -2.31. The molecule has 0 spiro atoms. The van der Waals surface area contributed by atoms with Crippen LogP contribution in [-0.4, -0.2) is 109 Å². The number of fused-ring (bicyclic) bond motifs is 1. The highest BCUT2D eigenvalue weighted by Gasteiger charge is 2.38. The lowest BCUT2D eigenvalue weighted by atomic mass is 9.99. The van der Waals surface area contributed by atoms with Crippen molar-refractivity contribution in [3.63, 3.8) is 0 Å². The van der Waals surface area contributed by atoms with Gasteiger partial charge in [-0.15, -0.1) is 0 Å². The lowest BCUT2D eigenvalue weighted by Crippen LogP contribution is -2.52. The number of hydrogen-bond donors (Lipinski definition) is 4. The van der Waals surface area contributed by atoms with Crippen LogP contribution in [0.4, 0.5) is 4.79 Å². The molecule has 2 fully saturated rings. The van der Waals surface area contributed by atoms with Crippen molar-refractivity contribution in [3.8, 4) is 0 Å². The summed E-state index contributed by atoms with van der Waals surface area (Å²) in [5, 5.41) is 12.7. The smallest absolute Gasteiger partial charge is 0.412 e. The van der Waals surface area contributed by atoms with Gasteiger partial charge in [0.2, 0.25) is 31.9 Å². The van der Waals surface area contributed by atoms with Gasteiger partial charge >= 0.3 is 6.09 Å². The largest absolute Gasteiger partial charge is 0.453 e. The summed E-state index contributed by atoms with van der Waals surface area (Å²) in [6.07, 6.45) is 4.16. The van der Waals surface area contributed by atoms with Gasteiger partial charge in [-0.1, -0.05) is 30.3 Å². The summed E-state index contributed by atoms with van der Waals surface area (Å²) in [5.41, 5.74) is 0. The maximum Gasteiger partial charge on any atom is 0.412 e. The first-order valence-corrected chi connectivity index (χ1v) is 18.4. The number of methoxy groups -OCH3 is 1. The molecule has 1 saturated carbocycles. The van der Waals surface area contributed by atoms with E-state index >= 15 is 0 Å². The molecule has 4 rings (SSSR count). The van der Waals surface area contributed by atoms with Gasteiger partial charge in [0.15, 0.2) is 0 Å². The Morgan fingerprint density at radius 2 is 1.83 bits per heavy atom. The zero-order valence-electron chi connectivity index (χ0n) is 25.8. The van der Waals surface area contributed by atoms with Gasteiger partial charge in [-0.25, -0.2) is 26.4 Å². The van der Waals surface area contributed by atoms with Gasteiger partial charge in [-0.3, -0.25) is 19.9 Å². The fraction of sp³-hybridized carbons (Fsp3) is 0.517. The molecule has 0 bridgehead atoms. The number of hydrazone groups is 1. The van der Waals surface area contributed by atoms with E-state index in [4.69, 9.17) is 0 Å². The lowest BCUT2D eigenvalue weighted by molar-refractivity contribution is -0.136. The first-order chi connectivity index (χ1) is 21.8. The van der Waals surface area contributed by atoms with E-state index in [1.807, 2.05) is 12.1 Å². The highest BCUT2D eigenvalue weighted by Crippen LogP contribution is 2.28. The maximum absolute atomic E-state index is 13.8. The molecule has 1 aliphatic carbocycles. The number of nitrogens with one attached hydrogen (secondary N) is 4. The minimum Gasteiger partial charge on any atom is -0.453 e. The molecule has 1 heterocycles. The average Bonchev–Trinajstić information content (AvgIpc) is 3.86. The van der Waals surface area contributed by atoms with Crippen LogP contribution in [-0.2, 0) is 34.4 Å². The molecule has 0 unspecified atom stereocenters. The molecule has 2 aromatic rings. The second-order valence-electron chi connectivity index (χ2n) is 11.4. The molecular weight excluding hydrogens is 638 g/mol. The van der Waals surface area contributed by atoms with Crippen LogP contribution in [0, 0.1) is 5.92 Å². The molecule has 1 saturated heterocycles. The topological polar surface area (TPSA) is 196 Å². The summed E-state index contributed by atoms with van der Waals surface area (Å²) >= 11 is 0. The van der Waals surface area contributed by atoms with Crippen LogP contribution in [0.15, 0.2) is 52.5 Å². The van der Waals surface area contributed by atoms with Gasteiger partial charge in [0.25, 0.3) is 0 Å². The first kappa shape index (κ1) is 35.1. The molecule has 15 nitrogen and oxygen atoms in total. The third-order valence-electron chi connectivity index (χ3n) is 7.68. The van der Waals surface area contributed by atoms with Crippen molar-refractivity contribution in [2.45, 2.75) is 49.1 Å². The van der Waals surface area contributed by atoms with Crippen LogP contribution >= 0.6 is 0 Å². The number of piperidine rings is 1. The van der Waals surface area contributed by atoms with Gasteiger partial charge in [-0.05, 0) is 54.5 Å². The second kappa shape index (κ2) is 15.7. The minimum absolute atomic E-state index is 0.0235. The Bertz CT molecular complexity index is 1650. The van der Waals surface area contributed by atoms with E-state index in [1.54, 1.807) is 23.2 Å². The fourth-order valence-corrected chi connectivity index (χ4v) is 6.92. The Morgan fingerprint density at radius 1 is 1.09 bits per heavy atom. The van der Waals surface area contributed by atoms with Gasteiger partial charge < -0.3 is 15.0 Å². The van der Waals surface area contributed by atoms with Crippen molar-refractivity contribution in [1.29, 1.82) is 0 Å². The number of hydrogen-bond acceptors (Lipinski definition) is 10. The monoisotopic (exact) mass is 679 g/mol. The van der Waals surface area contributed by atoms with E-state index in [9.17, 15) is 31.2 Å². The van der Waals surface area contributed by atoms with Gasteiger partial charge in [-0.2, -0.15) is 9.82 Å². The van der Waals surface area contributed by atoms with Crippen LogP contribution in [0.1, 0.15) is 32.1 Å². The average molecular weight is 680 g/mol. The van der Waals surface area contributed by atoms with E-state index in [-0.39, 0.29) is 36.5 Å². The number of alkyl carbamates (subject to hydrolysis) is 1. The highest BCUT2D eigenvalue weighted by molar-refractivity contribution is 7.89. The maximum atomic E-state index is 13.8. The molecule has 17 heteroatoms. The third kappa shape index (κ3) is 10.6. The number of amides is 3. The fourth-order valence-electron chi connectivity index (χ4n) is 5.23. The summed E-state index contributed by atoms with van der Waals surface area (Å²) in [7, 11) is -6.49. The minimum atomic E-state index is -4.23. The zero-order chi connectivity index (χ0) is 33.3. The van der Waals surface area contributed by atoms with E-state index < -0.39 is 50.4 Å². The number of carbonyl (C=O) groups is 3. The molecule has 0 radical (unpaired) electrons. The number of benzene rings is 2. The first-order valence-electron chi connectivity index (χ1n) is 15.0. The van der Waals surface area contributed by atoms with Gasteiger partial charge in [0.05, 0.1) is 24.7 Å². The molecule has 46 heavy (non-hydrogen) atoms. The third-order valence-corrected chi connectivity index (χ3v) is 9.88. The number of sulfonamides is 2. The molecular formula is C29H41N7O8S2. The van der Waals surface area contributed by atoms with E-state index in [1.165, 1.54) is 30.5 Å². The molecule has 2 aliphatic rings. The van der Waals surface area contributed by atoms with Crippen LogP contribution in [0.3, 0.4) is 0 Å². The molecule has 2 aromatic carbocycles. The molecule has 0 aromatic heterocycles. The van der Waals surface area contributed by atoms with Gasteiger partial charge in [0.1, 0.15) is 12.4 Å². The second-order valence-corrected chi connectivity index (χ2v) is 15.0. The van der Waals surface area contributed by atoms with Crippen molar-refractivity contribution in [3.05, 3.63) is 42.5 Å². The Hall–Kier alpha value is -3.80. The summed E-state index contributed by atoms with van der Waals surface area (Å²) in [4.78, 5) is 39.7. The van der Waals surface area contributed by atoms with Crippen LogP contribution in [0.2, 0.25) is 0 Å². The van der Waals surface area contributed by atoms with Crippen LogP contribution in [0.5, 0.6) is 0 Å². The van der Waals surface area contributed by atoms with E-state index in [2.05, 4.69) is 29.9 Å². The Balaban J connectivity index is 1.45. The van der Waals surface area contributed by atoms with Crippen LogP contribution < -0.4 is 20.1 Å². The Morgan fingerprint density at radius 3 is 2.52 bits per heavy atom. The summed E-state index contributed by atoms with van der Waals surface area (Å²) < 4.78 is 59.7. The summed E-state index contributed by atoms with van der Waals surface area (Å²) in [6.45, 7) is 1.43. The van der Waals surface area contributed by atoms with Crippen molar-refractivity contribution >= 4 is 55.1 Å². The molecule has 3 amide bonds. The molecule has 4 N–H and O–H groups in total. The Kier molecular flexibility index (Phi) is 11.9. The number of nitrogens with zero attached hydrogens (tertiary/aromatic N) is 3. The summed E-state index contributed by atoms with van der Waals surface area (Å²) in [6, 6.07) is 10.3. The molecule has 1 aliphatic heterocycles. The Labute approximate surface area is 269 Å². The highest BCUT2D eigenvalue weighted by atomic mass is 32.2. The predicted molar refractivity (Wildman–Crippen MR) is 172 cm³/mol. The quantitative estimate of drug-likeness (QED) is 0.154. The standard InChI is InChI=1S/C29H41N7O8S2/c1-44-29(39)31-20-32-35-14-5-6-21(19-35)18-30-27(37)17-26(28(38)36(24-10-11-24)15-13-33-45(2,40)41)34-46(42,43)25-12-9-22-7-3-4-8-23(22)16-25/h3-4,7-9,12,16,20-21,24,26,33-34H,5-6,10-11,13-15,17-19H2,1-2H3,(H,30,37)(H,31,32,39)/t21-,26-/m0/s1. The number of ether oxygens (including phenoxy) is 1. The van der Waals surface area contributed by atoms with E-state index in [0.717, 1.165) is 24.5 Å². The predicted octanol–water partition coefficient (Wildman–Crippen LogP) is 0.545. The van der Waals surface area contributed by atoms with Crippen LogP contribution in [0.25, 0.3) is 10.8 Å². The van der Waals surface area contributed by atoms with Crippen molar-refractivity contribution in [1.82, 2.24) is 30.0 Å². The number of rotatable bonds is 15. The number of carbonyl (C=O) groups excluding carboxylic acids is 3. The summed E-state index contributed by atoms with van der Waals surface area (Å²) in [5.74, 6) is -1.09.